The number of carbonyl (C=O) groups is 1. The summed E-state index contributed by atoms with van der Waals surface area (Å²) in [6.45, 7) is 4.64. The van der Waals surface area contributed by atoms with Crippen LogP contribution in [-0.4, -0.2) is 51.8 Å². The second-order valence-electron chi connectivity index (χ2n) is 6.24. The highest BCUT2D eigenvalue weighted by Gasteiger charge is 2.34. The minimum absolute atomic E-state index is 0.0193. The van der Waals surface area contributed by atoms with Crippen molar-refractivity contribution in [2.45, 2.75) is 37.4 Å². The van der Waals surface area contributed by atoms with Gasteiger partial charge >= 0.3 is 6.18 Å². The van der Waals surface area contributed by atoms with Gasteiger partial charge in [-0.2, -0.15) is 13.2 Å². The molecule has 146 valence electrons. The fourth-order valence-corrected chi connectivity index (χ4v) is 3.55. The molecule has 0 aromatic carbocycles. The highest BCUT2D eigenvalue weighted by Crippen LogP contribution is 2.32. The van der Waals surface area contributed by atoms with Gasteiger partial charge in [-0.15, -0.1) is 0 Å². The average Bonchev–Trinajstić information content (AvgIpc) is 3.12. The number of hydrogen-bond acceptors (Lipinski definition) is 6. The Balaban J connectivity index is 1.76. The summed E-state index contributed by atoms with van der Waals surface area (Å²) in [7, 11) is 0. The molecule has 3 heterocycles. The van der Waals surface area contributed by atoms with Crippen molar-refractivity contribution < 1.29 is 27.1 Å². The van der Waals surface area contributed by atoms with E-state index in [1.165, 1.54) is 12.3 Å². The summed E-state index contributed by atoms with van der Waals surface area (Å²) in [6.07, 6.45) is -3.45. The SMILES string of the molecule is CC1CN(C(=O)CSc2nc(-c3ccco3)cc(C(F)(F)F)n2)CC(C)O1. The zero-order valence-corrected chi connectivity index (χ0v) is 15.5. The van der Waals surface area contributed by atoms with Crippen LogP contribution in [0.25, 0.3) is 11.5 Å². The first kappa shape index (κ1) is 19.7. The third-order valence-electron chi connectivity index (χ3n) is 3.87. The summed E-state index contributed by atoms with van der Waals surface area (Å²) in [6, 6.07) is 3.90. The Bertz CT molecular complexity index is 788. The van der Waals surface area contributed by atoms with Crippen molar-refractivity contribution >= 4 is 17.7 Å². The van der Waals surface area contributed by atoms with Gasteiger partial charge in [-0.1, -0.05) is 11.8 Å². The van der Waals surface area contributed by atoms with E-state index in [2.05, 4.69) is 9.97 Å². The zero-order valence-electron chi connectivity index (χ0n) is 14.7. The van der Waals surface area contributed by atoms with Crippen LogP contribution >= 0.6 is 11.8 Å². The van der Waals surface area contributed by atoms with Crippen LogP contribution in [0.2, 0.25) is 0 Å². The first-order chi connectivity index (χ1) is 12.7. The molecular formula is C17H18F3N3O3S. The quantitative estimate of drug-likeness (QED) is 0.577. The number of hydrogen-bond donors (Lipinski definition) is 0. The zero-order chi connectivity index (χ0) is 19.6. The number of carbonyl (C=O) groups excluding carboxylic acids is 1. The maximum Gasteiger partial charge on any atom is 0.433 e. The van der Waals surface area contributed by atoms with Crippen LogP contribution in [0.5, 0.6) is 0 Å². The molecule has 1 fully saturated rings. The van der Waals surface area contributed by atoms with Crippen molar-refractivity contribution in [3.05, 3.63) is 30.2 Å². The molecule has 2 aromatic heterocycles. The molecule has 0 N–H and O–H groups in total. The lowest BCUT2D eigenvalue weighted by Gasteiger charge is -2.35. The molecule has 1 aliphatic heterocycles. The van der Waals surface area contributed by atoms with Crippen LogP contribution in [0, 0.1) is 0 Å². The van der Waals surface area contributed by atoms with E-state index in [9.17, 15) is 18.0 Å². The number of amides is 1. The van der Waals surface area contributed by atoms with E-state index in [4.69, 9.17) is 9.15 Å². The second-order valence-corrected chi connectivity index (χ2v) is 7.18. The molecule has 0 saturated carbocycles. The Kier molecular flexibility index (Phi) is 5.75. The van der Waals surface area contributed by atoms with Crippen LogP contribution in [0.1, 0.15) is 19.5 Å². The molecule has 27 heavy (non-hydrogen) atoms. The summed E-state index contributed by atoms with van der Waals surface area (Å²) >= 11 is 0.870. The van der Waals surface area contributed by atoms with E-state index >= 15 is 0 Å². The molecular weight excluding hydrogens is 383 g/mol. The minimum atomic E-state index is -4.63. The van der Waals surface area contributed by atoms with Gasteiger partial charge in [-0.3, -0.25) is 4.79 Å². The lowest BCUT2D eigenvalue weighted by atomic mass is 10.2. The molecule has 1 aliphatic rings. The molecule has 0 bridgehead atoms. The normalized spacial score (nSPS) is 20.7. The number of furan rings is 1. The van der Waals surface area contributed by atoms with Gasteiger partial charge in [0.15, 0.2) is 10.9 Å². The molecule has 0 radical (unpaired) electrons. The molecule has 2 atom stereocenters. The fraction of sp³-hybridized carbons (Fsp3) is 0.471. The van der Waals surface area contributed by atoms with E-state index in [-0.39, 0.29) is 40.5 Å². The summed E-state index contributed by atoms with van der Waals surface area (Å²) < 4.78 is 50.1. The van der Waals surface area contributed by atoms with Crippen LogP contribution < -0.4 is 0 Å². The molecule has 3 rings (SSSR count). The smallest absolute Gasteiger partial charge is 0.433 e. The van der Waals surface area contributed by atoms with Gasteiger partial charge in [0.2, 0.25) is 5.91 Å². The third-order valence-corrected chi connectivity index (χ3v) is 4.70. The van der Waals surface area contributed by atoms with Crippen molar-refractivity contribution in [1.29, 1.82) is 0 Å². The molecule has 10 heteroatoms. The predicted molar refractivity (Wildman–Crippen MR) is 92.0 cm³/mol. The molecule has 1 amide bonds. The van der Waals surface area contributed by atoms with E-state index in [0.717, 1.165) is 17.8 Å². The summed E-state index contributed by atoms with van der Waals surface area (Å²) in [5.74, 6) is -0.0484. The van der Waals surface area contributed by atoms with Crippen molar-refractivity contribution in [2.75, 3.05) is 18.8 Å². The standard InChI is InChI=1S/C17H18F3N3O3S/c1-10-7-23(8-11(2)26-10)15(24)9-27-16-21-12(13-4-3-5-25-13)6-14(22-16)17(18,19)20/h3-6,10-11H,7-9H2,1-2H3. The van der Waals surface area contributed by atoms with Crippen LogP contribution in [0.4, 0.5) is 13.2 Å². The van der Waals surface area contributed by atoms with Gasteiger partial charge in [-0.25, -0.2) is 9.97 Å². The molecule has 1 saturated heterocycles. The summed E-state index contributed by atoms with van der Waals surface area (Å²) in [5, 5.41) is -0.126. The van der Waals surface area contributed by atoms with E-state index < -0.39 is 11.9 Å². The van der Waals surface area contributed by atoms with Gasteiger partial charge in [0.05, 0.1) is 24.2 Å². The van der Waals surface area contributed by atoms with Crippen molar-refractivity contribution in [1.82, 2.24) is 14.9 Å². The number of halogens is 3. The van der Waals surface area contributed by atoms with E-state index in [1.54, 1.807) is 11.0 Å². The van der Waals surface area contributed by atoms with Gasteiger partial charge in [0.1, 0.15) is 11.4 Å². The number of nitrogens with zero attached hydrogens (tertiary/aromatic N) is 3. The maximum absolute atomic E-state index is 13.1. The molecule has 0 aliphatic carbocycles. The van der Waals surface area contributed by atoms with Crippen molar-refractivity contribution in [3.8, 4) is 11.5 Å². The number of ether oxygens (including phenoxy) is 1. The van der Waals surface area contributed by atoms with Crippen LogP contribution in [0.15, 0.2) is 34.0 Å². The average molecular weight is 401 g/mol. The Morgan fingerprint density at radius 2 is 2.00 bits per heavy atom. The van der Waals surface area contributed by atoms with Crippen molar-refractivity contribution in [2.24, 2.45) is 0 Å². The number of morpholine rings is 1. The Morgan fingerprint density at radius 3 is 2.59 bits per heavy atom. The van der Waals surface area contributed by atoms with Crippen LogP contribution in [-0.2, 0) is 15.7 Å². The number of alkyl halides is 3. The lowest BCUT2D eigenvalue weighted by Crippen LogP contribution is -2.48. The van der Waals surface area contributed by atoms with Gasteiger partial charge in [0, 0.05) is 13.1 Å². The minimum Gasteiger partial charge on any atom is -0.463 e. The largest absolute Gasteiger partial charge is 0.463 e. The lowest BCUT2D eigenvalue weighted by molar-refractivity contribution is -0.141. The van der Waals surface area contributed by atoms with Gasteiger partial charge in [0.25, 0.3) is 0 Å². The first-order valence-electron chi connectivity index (χ1n) is 8.28. The van der Waals surface area contributed by atoms with Crippen molar-refractivity contribution in [3.63, 3.8) is 0 Å². The Hall–Kier alpha value is -2.07. The maximum atomic E-state index is 13.1. The predicted octanol–water partition coefficient (Wildman–Crippen LogP) is 3.48. The second kappa shape index (κ2) is 7.89. The Morgan fingerprint density at radius 1 is 1.30 bits per heavy atom. The number of aromatic nitrogens is 2. The summed E-state index contributed by atoms with van der Waals surface area (Å²) in [4.78, 5) is 21.7. The highest BCUT2D eigenvalue weighted by molar-refractivity contribution is 7.99. The molecule has 2 aromatic rings. The Labute approximate surface area is 158 Å². The third kappa shape index (κ3) is 5.01. The fourth-order valence-electron chi connectivity index (χ4n) is 2.78. The highest BCUT2D eigenvalue weighted by atomic mass is 32.2. The van der Waals surface area contributed by atoms with E-state index in [0.29, 0.717) is 13.1 Å². The molecule has 0 spiro atoms. The van der Waals surface area contributed by atoms with E-state index in [1.807, 2.05) is 13.8 Å². The molecule has 2 unspecified atom stereocenters. The van der Waals surface area contributed by atoms with Gasteiger partial charge < -0.3 is 14.1 Å². The topological polar surface area (TPSA) is 68.5 Å². The number of rotatable bonds is 4. The molecule has 6 nitrogen and oxygen atoms in total. The summed E-state index contributed by atoms with van der Waals surface area (Å²) in [5.41, 5.74) is -1.06. The van der Waals surface area contributed by atoms with Crippen LogP contribution in [0.3, 0.4) is 0 Å². The monoisotopic (exact) mass is 401 g/mol. The number of thioether (sulfide) groups is 1. The first-order valence-corrected chi connectivity index (χ1v) is 9.27. The van der Waals surface area contributed by atoms with Gasteiger partial charge in [-0.05, 0) is 32.0 Å².